The van der Waals surface area contributed by atoms with E-state index in [0.29, 0.717) is 17.9 Å². The summed E-state index contributed by atoms with van der Waals surface area (Å²) in [6, 6.07) is 16.6. The number of benzene rings is 2. The number of nitrogens with one attached hydrogen (secondary N) is 2. The standard InChI is InChI=1S/C19H22N2O3/c1-3-24-19(23)16-11-7-8-12-17(16)20-13-18(22)21-14(2)15-9-5-4-6-10-15/h4-12,14,20H,3,13H2,1-2H3,(H,21,22). The van der Waals surface area contributed by atoms with E-state index in [2.05, 4.69) is 10.6 Å². The van der Waals surface area contributed by atoms with Gasteiger partial charge in [-0.2, -0.15) is 0 Å². The maximum Gasteiger partial charge on any atom is 0.340 e. The highest BCUT2D eigenvalue weighted by Crippen LogP contribution is 2.16. The predicted octanol–water partition coefficient (Wildman–Crippen LogP) is 3.15. The van der Waals surface area contributed by atoms with Crippen LogP contribution in [0.2, 0.25) is 0 Å². The van der Waals surface area contributed by atoms with Crippen LogP contribution in [0.4, 0.5) is 5.69 Å². The van der Waals surface area contributed by atoms with Crippen molar-refractivity contribution in [3.05, 3.63) is 65.7 Å². The Hall–Kier alpha value is -2.82. The number of carbonyl (C=O) groups is 2. The Kier molecular flexibility index (Phi) is 6.37. The second-order valence-corrected chi connectivity index (χ2v) is 5.32. The van der Waals surface area contributed by atoms with Crippen molar-refractivity contribution in [1.29, 1.82) is 0 Å². The number of hydrogen-bond donors (Lipinski definition) is 2. The van der Waals surface area contributed by atoms with E-state index in [9.17, 15) is 9.59 Å². The van der Waals surface area contributed by atoms with Gasteiger partial charge in [-0.1, -0.05) is 42.5 Å². The lowest BCUT2D eigenvalue weighted by Gasteiger charge is -2.15. The number of rotatable bonds is 7. The zero-order valence-corrected chi connectivity index (χ0v) is 13.9. The first kappa shape index (κ1) is 17.5. The maximum absolute atomic E-state index is 12.1. The number of amides is 1. The van der Waals surface area contributed by atoms with Gasteiger partial charge in [0.05, 0.1) is 24.8 Å². The molecule has 0 saturated heterocycles. The fourth-order valence-electron chi connectivity index (χ4n) is 2.32. The van der Waals surface area contributed by atoms with E-state index in [1.165, 1.54) is 0 Å². The van der Waals surface area contributed by atoms with Gasteiger partial charge in [-0.05, 0) is 31.5 Å². The molecule has 5 heteroatoms. The van der Waals surface area contributed by atoms with Crippen LogP contribution in [0.15, 0.2) is 54.6 Å². The molecule has 0 aliphatic carbocycles. The highest BCUT2D eigenvalue weighted by molar-refractivity contribution is 5.96. The first-order valence-electron chi connectivity index (χ1n) is 7.96. The summed E-state index contributed by atoms with van der Waals surface area (Å²) in [5.41, 5.74) is 2.04. The Morgan fingerprint density at radius 1 is 1.04 bits per heavy atom. The number of ether oxygens (including phenoxy) is 1. The molecule has 2 N–H and O–H groups in total. The van der Waals surface area contributed by atoms with E-state index < -0.39 is 5.97 Å². The Morgan fingerprint density at radius 3 is 2.42 bits per heavy atom. The Balaban J connectivity index is 1.93. The van der Waals surface area contributed by atoms with Gasteiger partial charge in [0, 0.05) is 5.69 Å². The molecular formula is C19H22N2O3. The minimum atomic E-state index is -0.404. The van der Waals surface area contributed by atoms with Crippen LogP contribution in [0.1, 0.15) is 35.8 Å². The van der Waals surface area contributed by atoms with Gasteiger partial charge in [0.25, 0.3) is 0 Å². The van der Waals surface area contributed by atoms with E-state index in [1.54, 1.807) is 31.2 Å². The average molecular weight is 326 g/mol. The van der Waals surface area contributed by atoms with Crippen molar-refractivity contribution in [2.75, 3.05) is 18.5 Å². The van der Waals surface area contributed by atoms with Crippen molar-refractivity contribution in [3.8, 4) is 0 Å². The molecule has 2 aromatic carbocycles. The molecule has 1 amide bonds. The fraction of sp³-hybridized carbons (Fsp3) is 0.263. The lowest BCUT2D eigenvalue weighted by molar-refractivity contribution is -0.120. The lowest BCUT2D eigenvalue weighted by Crippen LogP contribution is -2.32. The number of hydrogen-bond acceptors (Lipinski definition) is 4. The molecule has 0 aliphatic rings. The average Bonchev–Trinajstić information content (AvgIpc) is 2.61. The van der Waals surface area contributed by atoms with Crippen molar-refractivity contribution in [2.45, 2.75) is 19.9 Å². The molecule has 0 aliphatic heterocycles. The molecular weight excluding hydrogens is 304 g/mol. The Morgan fingerprint density at radius 2 is 1.71 bits per heavy atom. The summed E-state index contributed by atoms with van der Waals surface area (Å²) < 4.78 is 5.02. The van der Waals surface area contributed by atoms with Gasteiger partial charge in [-0.15, -0.1) is 0 Å². The predicted molar refractivity (Wildman–Crippen MR) is 93.9 cm³/mol. The van der Waals surface area contributed by atoms with E-state index in [0.717, 1.165) is 5.56 Å². The van der Waals surface area contributed by atoms with Crippen LogP contribution in [-0.4, -0.2) is 25.0 Å². The molecule has 1 atom stereocenters. The molecule has 0 saturated carbocycles. The molecule has 2 aromatic rings. The zero-order chi connectivity index (χ0) is 17.4. The van der Waals surface area contributed by atoms with Gasteiger partial charge in [0.15, 0.2) is 0 Å². The number of anilines is 1. The molecule has 0 heterocycles. The summed E-state index contributed by atoms with van der Waals surface area (Å²) in [5.74, 6) is -0.552. The summed E-state index contributed by atoms with van der Waals surface area (Å²) in [6.45, 7) is 4.07. The fourth-order valence-corrected chi connectivity index (χ4v) is 2.32. The third-order valence-electron chi connectivity index (χ3n) is 3.54. The molecule has 126 valence electrons. The number of esters is 1. The van der Waals surface area contributed by atoms with Gasteiger partial charge in [-0.25, -0.2) is 4.79 Å². The summed E-state index contributed by atoms with van der Waals surface area (Å²) in [5, 5.41) is 5.92. The van der Waals surface area contributed by atoms with Crippen LogP contribution in [0.25, 0.3) is 0 Å². The van der Waals surface area contributed by atoms with Crippen LogP contribution in [0, 0.1) is 0 Å². The van der Waals surface area contributed by atoms with E-state index in [1.807, 2.05) is 37.3 Å². The topological polar surface area (TPSA) is 67.4 Å². The molecule has 5 nitrogen and oxygen atoms in total. The van der Waals surface area contributed by atoms with Crippen LogP contribution in [0.5, 0.6) is 0 Å². The van der Waals surface area contributed by atoms with E-state index >= 15 is 0 Å². The van der Waals surface area contributed by atoms with Crippen molar-refractivity contribution >= 4 is 17.6 Å². The molecule has 2 rings (SSSR count). The first-order valence-corrected chi connectivity index (χ1v) is 7.96. The molecule has 0 radical (unpaired) electrons. The largest absolute Gasteiger partial charge is 0.462 e. The summed E-state index contributed by atoms with van der Waals surface area (Å²) in [4.78, 5) is 24.0. The van der Waals surface area contributed by atoms with Crippen molar-refractivity contribution in [1.82, 2.24) is 5.32 Å². The SMILES string of the molecule is CCOC(=O)c1ccccc1NCC(=O)NC(C)c1ccccc1. The molecule has 24 heavy (non-hydrogen) atoms. The van der Waals surface area contributed by atoms with Gasteiger partial charge in [0.1, 0.15) is 0 Å². The highest BCUT2D eigenvalue weighted by atomic mass is 16.5. The second-order valence-electron chi connectivity index (χ2n) is 5.32. The number of para-hydroxylation sites is 1. The molecule has 0 bridgehead atoms. The van der Waals surface area contributed by atoms with E-state index in [4.69, 9.17) is 4.74 Å². The second kappa shape index (κ2) is 8.72. The van der Waals surface area contributed by atoms with Crippen LogP contribution in [0.3, 0.4) is 0 Å². The quantitative estimate of drug-likeness (QED) is 0.767. The monoisotopic (exact) mass is 326 g/mol. The third kappa shape index (κ3) is 4.84. The van der Waals surface area contributed by atoms with Crippen molar-refractivity contribution < 1.29 is 14.3 Å². The molecule has 0 aromatic heterocycles. The van der Waals surface area contributed by atoms with Gasteiger partial charge in [-0.3, -0.25) is 4.79 Å². The molecule has 0 fully saturated rings. The zero-order valence-electron chi connectivity index (χ0n) is 13.9. The van der Waals surface area contributed by atoms with Crippen LogP contribution < -0.4 is 10.6 Å². The van der Waals surface area contributed by atoms with Crippen molar-refractivity contribution in [2.24, 2.45) is 0 Å². The lowest BCUT2D eigenvalue weighted by atomic mass is 10.1. The third-order valence-corrected chi connectivity index (χ3v) is 3.54. The van der Waals surface area contributed by atoms with Gasteiger partial charge < -0.3 is 15.4 Å². The molecule has 0 spiro atoms. The van der Waals surface area contributed by atoms with E-state index in [-0.39, 0.29) is 18.5 Å². The van der Waals surface area contributed by atoms with Gasteiger partial charge >= 0.3 is 5.97 Å². The Bertz CT molecular complexity index is 686. The van der Waals surface area contributed by atoms with Crippen LogP contribution >= 0.6 is 0 Å². The summed E-state index contributed by atoms with van der Waals surface area (Å²) in [7, 11) is 0. The maximum atomic E-state index is 12.1. The van der Waals surface area contributed by atoms with Crippen LogP contribution in [-0.2, 0) is 9.53 Å². The summed E-state index contributed by atoms with van der Waals surface area (Å²) >= 11 is 0. The smallest absolute Gasteiger partial charge is 0.340 e. The highest BCUT2D eigenvalue weighted by Gasteiger charge is 2.13. The normalized spacial score (nSPS) is 11.4. The number of carbonyl (C=O) groups excluding carboxylic acids is 2. The minimum absolute atomic E-state index is 0.0770. The Labute approximate surface area is 142 Å². The summed E-state index contributed by atoms with van der Waals surface area (Å²) in [6.07, 6.45) is 0. The van der Waals surface area contributed by atoms with Crippen molar-refractivity contribution in [3.63, 3.8) is 0 Å². The van der Waals surface area contributed by atoms with Gasteiger partial charge in [0.2, 0.25) is 5.91 Å². The first-order chi connectivity index (χ1) is 11.6. The molecule has 1 unspecified atom stereocenters. The minimum Gasteiger partial charge on any atom is -0.462 e.